The Morgan fingerprint density at radius 2 is 2.00 bits per heavy atom. The lowest BCUT2D eigenvalue weighted by molar-refractivity contribution is 0.0749. The molecule has 1 aromatic carbocycles. The summed E-state index contributed by atoms with van der Waals surface area (Å²) in [5.41, 5.74) is 8.60. The first-order valence-corrected chi connectivity index (χ1v) is 6.67. The van der Waals surface area contributed by atoms with Crippen molar-refractivity contribution in [2.45, 2.75) is 19.3 Å². The molecule has 3 N–H and O–H groups in total. The van der Waals surface area contributed by atoms with Crippen molar-refractivity contribution in [1.82, 2.24) is 10.4 Å². The van der Waals surface area contributed by atoms with E-state index in [1.54, 1.807) is 0 Å². The predicted molar refractivity (Wildman–Crippen MR) is 71.4 cm³/mol. The van der Waals surface area contributed by atoms with E-state index in [0.29, 0.717) is 10.0 Å². The molecule has 1 aliphatic rings. The van der Waals surface area contributed by atoms with Gasteiger partial charge in [-0.25, -0.2) is 9.40 Å². The molecular weight excluding hydrogens is 301 g/mol. The Labute approximate surface area is 113 Å². The van der Waals surface area contributed by atoms with Gasteiger partial charge in [0.15, 0.2) is 0 Å². The number of nitrogens with zero attached hydrogens (tertiary/aromatic N) is 1. The second-order valence-corrected chi connectivity index (χ2v) is 5.20. The molecule has 98 valence electrons. The maximum absolute atomic E-state index is 13.2. The third-order valence-corrected chi connectivity index (χ3v) is 3.60. The highest BCUT2D eigenvalue weighted by atomic mass is 79.9. The number of anilines is 1. The molecular formula is C12H15BrFN3O. The molecule has 0 saturated carbocycles. The number of carbonyl (C=O) groups excluding carboxylic acids is 1. The standard InChI is InChI=1S/C12H15BrFN3O/c13-9-7-10(14)11(15)6-8(9)12(18)16-17-4-2-1-3-5-17/h6-7H,1-5,15H2,(H,16,18). The van der Waals surface area contributed by atoms with Crippen molar-refractivity contribution in [1.29, 1.82) is 0 Å². The van der Waals surface area contributed by atoms with Crippen LogP contribution in [-0.2, 0) is 0 Å². The summed E-state index contributed by atoms with van der Waals surface area (Å²) in [6.45, 7) is 1.69. The van der Waals surface area contributed by atoms with E-state index in [0.717, 1.165) is 25.9 Å². The van der Waals surface area contributed by atoms with Crippen LogP contribution < -0.4 is 11.2 Å². The Morgan fingerprint density at radius 1 is 1.33 bits per heavy atom. The quantitative estimate of drug-likeness (QED) is 0.823. The number of amides is 1. The monoisotopic (exact) mass is 315 g/mol. The molecule has 4 nitrogen and oxygen atoms in total. The number of carbonyl (C=O) groups is 1. The van der Waals surface area contributed by atoms with Gasteiger partial charge in [-0.3, -0.25) is 10.2 Å². The van der Waals surface area contributed by atoms with Gasteiger partial charge in [0.1, 0.15) is 5.82 Å². The van der Waals surface area contributed by atoms with Gasteiger partial charge in [-0.15, -0.1) is 0 Å². The van der Waals surface area contributed by atoms with Crippen LogP contribution in [0.5, 0.6) is 0 Å². The zero-order valence-corrected chi connectivity index (χ0v) is 11.5. The minimum Gasteiger partial charge on any atom is -0.396 e. The van der Waals surface area contributed by atoms with Crippen molar-refractivity contribution in [2.24, 2.45) is 0 Å². The van der Waals surface area contributed by atoms with Crippen LogP contribution in [0, 0.1) is 5.82 Å². The molecule has 0 aliphatic carbocycles. The molecule has 0 unspecified atom stereocenters. The molecule has 1 saturated heterocycles. The molecule has 18 heavy (non-hydrogen) atoms. The van der Waals surface area contributed by atoms with E-state index < -0.39 is 5.82 Å². The largest absolute Gasteiger partial charge is 0.396 e. The maximum Gasteiger partial charge on any atom is 0.266 e. The van der Waals surface area contributed by atoms with Crippen LogP contribution in [0.1, 0.15) is 29.6 Å². The summed E-state index contributed by atoms with van der Waals surface area (Å²) in [6, 6.07) is 2.55. The average Bonchev–Trinajstić information content (AvgIpc) is 2.35. The third-order valence-electron chi connectivity index (χ3n) is 2.95. The fourth-order valence-corrected chi connectivity index (χ4v) is 2.44. The molecule has 1 aliphatic heterocycles. The molecule has 1 aromatic rings. The van der Waals surface area contributed by atoms with E-state index in [4.69, 9.17) is 5.73 Å². The summed E-state index contributed by atoms with van der Waals surface area (Å²) in [4.78, 5) is 12.0. The van der Waals surface area contributed by atoms with Gasteiger partial charge in [-0.05, 0) is 40.9 Å². The molecule has 1 amide bonds. The number of piperidine rings is 1. The smallest absolute Gasteiger partial charge is 0.266 e. The number of hydrazine groups is 1. The zero-order chi connectivity index (χ0) is 13.1. The molecule has 6 heteroatoms. The van der Waals surface area contributed by atoms with Gasteiger partial charge in [0, 0.05) is 17.6 Å². The lowest BCUT2D eigenvalue weighted by Gasteiger charge is -2.27. The third kappa shape index (κ3) is 3.00. The lowest BCUT2D eigenvalue weighted by Crippen LogP contribution is -2.45. The summed E-state index contributed by atoms with van der Waals surface area (Å²) in [6.07, 6.45) is 3.35. The van der Waals surface area contributed by atoms with Crippen LogP contribution in [0.15, 0.2) is 16.6 Å². The highest BCUT2D eigenvalue weighted by Crippen LogP contribution is 2.23. The van der Waals surface area contributed by atoms with Crippen molar-refractivity contribution in [3.8, 4) is 0 Å². The van der Waals surface area contributed by atoms with Gasteiger partial charge in [-0.1, -0.05) is 6.42 Å². The first-order valence-electron chi connectivity index (χ1n) is 5.88. The molecule has 0 atom stereocenters. The summed E-state index contributed by atoms with van der Waals surface area (Å²) < 4.78 is 13.6. The minimum absolute atomic E-state index is 0.0259. The summed E-state index contributed by atoms with van der Waals surface area (Å²) in [7, 11) is 0. The second kappa shape index (κ2) is 5.67. The first-order chi connectivity index (χ1) is 8.58. The van der Waals surface area contributed by atoms with E-state index in [-0.39, 0.29) is 11.6 Å². The number of halogens is 2. The van der Waals surface area contributed by atoms with E-state index in [1.807, 2.05) is 5.01 Å². The maximum atomic E-state index is 13.2. The second-order valence-electron chi connectivity index (χ2n) is 4.34. The highest BCUT2D eigenvalue weighted by molar-refractivity contribution is 9.10. The van der Waals surface area contributed by atoms with Crippen LogP contribution in [0.4, 0.5) is 10.1 Å². The SMILES string of the molecule is Nc1cc(C(=O)NN2CCCCC2)c(Br)cc1F. The predicted octanol–water partition coefficient (Wildman–Crippen LogP) is 2.30. The van der Waals surface area contributed by atoms with E-state index in [1.165, 1.54) is 18.6 Å². The molecule has 0 radical (unpaired) electrons. The topological polar surface area (TPSA) is 58.4 Å². The number of hydrogen-bond donors (Lipinski definition) is 2. The van der Waals surface area contributed by atoms with Gasteiger partial charge in [0.25, 0.3) is 5.91 Å². The fraction of sp³-hybridized carbons (Fsp3) is 0.417. The van der Waals surface area contributed by atoms with E-state index in [2.05, 4.69) is 21.4 Å². The minimum atomic E-state index is -0.531. The number of rotatable bonds is 2. The molecule has 0 spiro atoms. The number of benzene rings is 1. The van der Waals surface area contributed by atoms with Crippen LogP contribution >= 0.6 is 15.9 Å². The fourth-order valence-electron chi connectivity index (χ4n) is 1.95. The van der Waals surface area contributed by atoms with Crippen molar-refractivity contribution in [2.75, 3.05) is 18.8 Å². The van der Waals surface area contributed by atoms with Crippen LogP contribution in [0.25, 0.3) is 0 Å². The number of nitrogens with two attached hydrogens (primary N) is 1. The van der Waals surface area contributed by atoms with E-state index in [9.17, 15) is 9.18 Å². The highest BCUT2D eigenvalue weighted by Gasteiger charge is 2.17. The Hall–Kier alpha value is -1.14. The summed E-state index contributed by atoms with van der Waals surface area (Å²) >= 11 is 3.17. The van der Waals surface area contributed by atoms with Crippen LogP contribution in [0.3, 0.4) is 0 Å². The van der Waals surface area contributed by atoms with Crippen LogP contribution in [0.2, 0.25) is 0 Å². The van der Waals surface area contributed by atoms with Crippen molar-refractivity contribution in [3.63, 3.8) is 0 Å². The van der Waals surface area contributed by atoms with Gasteiger partial charge in [0.05, 0.1) is 11.3 Å². The van der Waals surface area contributed by atoms with Gasteiger partial charge >= 0.3 is 0 Å². The Balaban J connectivity index is 2.10. The number of nitrogens with one attached hydrogen (secondary N) is 1. The Bertz CT molecular complexity index is 461. The molecule has 0 bridgehead atoms. The average molecular weight is 316 g/mol. The van der Waals surface area contributed by atoms with E-state index >= 15 is 0 Å². The van der Waals surface area contributed by atoms with Gasteiger partial charge in [-0.2, -0.15) is 0 Å². The molecule has 0 aromatic heterocycles. The summed E-state index contributed by atoms with van der Waals surface area (Å²) in [5, 5.41) is 1.89. The number of hydrogen-bond acceptors (Lipinski definition) is 3. The zero-order valence-electron chi connectivity index (χ0n) is 9.88. The molecule has 2 rings (SSSR count). The van der Waals surface area contributed by atoms with Gasteiger partial charge < -0.3 is 5.73 Å². The Kier molecular flexibility index (Phi) is 4.19. The van der Waals surface area contributed by atoms with Crippen molar-refractivity contribution in [3.05, 3.63) is 28.0 Å². The van der Waals surface area contributed by atoms with Crippen molar-refractivity contribution >= 4 is 27.5 Å². The number of nitrogen functional groups attached to an aromatic ring is 1. The molecule has 1 heterocycles. The normalized spacial score (nSPS) is 16.6. The lowest BCUT2D eigenvalue weighted by atomic mass is 10.1. The molecule has 1 fully saturated rings. The Morgan fingerprint density at radius 3 is 2.67 bits per heavy atom. The first kappa shape index (κ1) is 13.3. The van der Waals surface area contributed by atoms with Crippen LogP contribution in [-0.4, -0.2) is 24.0 Å². The van der Waals surface area contributed by atoms with Gasteiger partial charge in [0.2, 0.25) is 0 Å². The summed E-state index contributed by atoms with van der Waals surface area (Å²) in [5.74, 6) is -0.799. The van der Waals surface area contributed by atoms with Crippen molar-refractivity contribution < 1.29 is 9.18 Å².